The number of primary amides is 1. The van der Waals surface area contributed by atoms with Gasteiger partial charge in [-0.3, -0.25) is 9.59 Å². The van der Waals surface area contributed by atoms with Gasteiger partial charge in [0.05, 0.1) is 0 Å². The van der Waals surface area contributed by atoms with Gasteiger partial charge in [-0.05, 0) is 25.9 Å². The van der Waals surface area contributed by atoms with Crippen molar-refractivity contribution >= 4 is 11.8 Å². The van der Waals surface area contributed by atoms with E-state index in [4.69, 9.17) is 5.73 Å². The van der Waals surface area contributed by atoms with Crippen molar-refractivity contribution in [2.45, 2.75) is 26.3 Å². The number of hydrogen-bond donors (Lipinski definition) is 3. The zero-order valence-corrected chi connectivity index (χ0v) is 9.25. The number of nitrogens with two attached hydrogens (primary N) is 1. The lowest BCUT2D eigenvalue weighted by Crippen LogP contribution is -2.50. The van der Waals surface area contributed by atoms with Crippen molar-refractivity contribution < 1.29 is 9.59 Å². The molecule has 1 aliphatic rings. The SMILES string of the molecule is CC(CC(N)=O)NC(=O)C(C)C1CNC1. The fourth-order valence-corrected chi connectivity index (χ4v) is 1.61. The molecule has 2 unspecified atom stereocenters. The highest BCUT2D eigenvalue weighted by atomic mass is 16.2. The van der Waals surface area contributed by atoms with E-state index >= 15 is 0 Å². The molecule has 0 aromatic heterocycles. The van der Waals surface area contributed by atoms with Crippen LogP contribution in [-0.2, 0) is 9.59 Å². The van der Waals surface area contributed by atoms with Gasteiger partial charge in [-0.25, -0.2) is 0 Å². The van der Waals surface area contributed by atoms with Gasteiger partial charge in [-0.1, -0.05) is 6.92 Å². The van der Waals surface area contributed by atoms with Crippen LogP contribution >= 0.6 is 0 Å². The molecule has 1 fully saturated rings. The van der Waals surface area contributed by atoms with E-state index in [9.17, 15) is 9.59 Å². The molecular formula is C10H19N3O2. The summed E-state index contributed by atoms with van der Waals surface area (Å²) in [6.45, 7) is 5.50. The summed E-state index contributed by atoms with van der Waals surface area (Å²) in [5.41, 5.74) is 5.04. The van der Waals surface area contributed by atoms with Crippen LogP contribution in [0.4, 0.5) is 0 Å². The van der Waals surface area contributed by atoms with E-state index in [1.807, 2.05) is 6.92 Å². The molecule has 0 aliphatic carbocycles. The Bertz CT molecular complexity index is 251. The largest absolute Gasteiger partial charge is 0.370 e. The van der Waals surface area contributed by atoms with Gasteiger partial charge in [0.15, 0.2) is 0 Å². The van der Waals surface area contributed by atoms with Crippen molar-refractivity contribution in [2.75, 3.05) is 13.1 Å². The third kappa shape index (κ3) is 3.51. The quantitative estimate of drug-likeness (QED) is 0.560. The molecule has 5 heteroatoms. The van der Waals surface area contributed by atoms with Crippen LogP contribution in [0.3, 0.4) is 0 Å². The van der Waals surface area contributed by atoms with E-state index in [0.29, 0.717) is 5.92 Å². The maximum Gasteiger partial charge on any atom is 0.223 e. The molecular weight excluding hydrogens is 194 g/mol. The molecule has 5 nitrogen and oxygen atoms in total. The number of rotatable bonds is 5. The molecule has 4 N–H and O–H groups in total. The standard InChI is InChI=1S/C10H19N3O2/c1-6(3-9(11)14)13-10(15)7(2)8-4-12-5-8/h6-8,12H,3-5H2,1-2H3,(H2,11,14)(H,13,15). The summed E-state index contributed by atoms with van der Waals surface area (Å²) < 4.78 is 0. The Hall–Kier alpha value is -1.10. The molecule has 2 amide bonds. The lowest BCUT2D eigenvalue weighted by Gasteiger charge is -2.32. The van der Waals surface area contributed by atoms with Gasteiger partial charge >= 0.3 is 0 Å². The molecule has 86 valence electrons. The molecule has 0 spiro atoms. The van der Waals surface area contributed by atoms with E-state index in [0.717, 1.165) is 13.1 Å². The number of carbonyl (C=O) groups excluding carboxylic acids is 2. The third-order valence-electron chi connectivity index (χ3n) is 2.83. The van der Waals surface area contributed by atoms with Crippen LogP contribution in [0, 0.1) is 11.8 Å². The van der Waals surface area contributed by atoms with E-state index in [1.165, 1.54) is 0 Å². The lowest BCUT2D eigenvalue weighted by atomic mass is 9.88. The first-order chi connectivity index (χ1) is 7.00. The molecule has 0 saturated carbocycles. The van der Waals surface area contributed by atoms with Crippen LogP contribution in [0.2, 0.25) is 0 Å². The molecule has 0 radical (unpaired) electrons. The summed E-state index contributed by atoms with van der Waals surface area (Å²) in [4.78, 5) is 22.3. The lowest BCUT2D eigenvalue weighted by molar-refractivity contribution is -0.127. The topological polar surface area (TPSA) is 84.2 Å². The van der Waals surface area contributed by atoms with Crippen LogP contribution in [0.25, 0.3) is 0 Å². The summed E-state index contributed by atoms with van der Waals surface area (Å²) >= 11 is 0. The van der Waals surface area contributed by atoms with Crippen molar-refractivity contribution in [3.8, 4) is 0 Å². The maximum absolute atomic E-state index is 11.7. The van der Waals surface area contributed by atoms with Gasteiger partial charge in [0.1, 0.15) is 0 Å². The van der Waals surface area contributed by atoms with E-state index in [1.54, 1.807) is 6.92 Å². The Morgan fingerprint density at radius 3 is 2.47 bits per heavy atom. The number of nitrogens with one attached hydrogen (secondary N) is 2. The van der Waals surface area contributed by atoms with Gasteiger partial charge < -0.3 is 16.4 Å². The van der Waals surface area contributed by atoms with Gasteiger partial charge in [-0.2, -0.15) is 0 Å². The maximum atomic E-state index is 11.7. The predicted molar refractivity (Wildman–Crippen MR) is 56.9 cm³/mol. The van der Waals surface area contributed by atoms with Gasteiger partial charge in [-0.15, -0.1) is 0 Å². The molecule has 0 bridgehead atoms. The minimum absolute atomic E-state index is 0.00146. The fraction of sp³-hybridized carbons (Fsp3) is 0.800. The minimum atomic E-state index is -0.388. The Kier molecular flexibility index (Phi) is 4.08. The Morgan fingerprint density at radius 2 is 2.07 bits per heavy atom. The van der Waals surface area contributed by atoms with E-state index in [-0.39, 0.29) is 30.2 Å². The van der Waals surface area contributed by atoms with Crippen molar-refractivity contribution in [3.05, 3.63) is 0 Å². The Morgan fingerprint density at radius 1 is 1.47 bits per heavy atom. The van der Waals surface area contributed by atoms with Crippen LogP contribution in [-0.4, -0.2) is 30.9 Å². The number of amides is 2. The molecule has 1 aliphatic heterocycles. The van der Waals surface area contributed by atoms with E-state index < -0.39 is 0 Å². The molecule has 0 aromatic rings. The molecule has 1 saturated heterocycles. The number of carbonyl (C=O) groups is 2. The normalized spacial score (nSPS) is 20.1. The highest BCUT2D eigenvalue weighted by Crippen LogP contribution is 2.15. The molecule has 0 aromatic carbocycles. The van der Waals surface area contributed by atoms with E-state index in [2.05, 4.69) is 10.6 Å². The van der Waals surface area contributed by atoms with Crippen LogP contribution in [0.15, 0.2) is 0 Å². The van der Waals surface area contributed by atoms with Crippen molar-refractivity contribution in [1.82, 2.24) is 10.6 Å². The number of hydrogen-bond acceptors (Lipinski definition) is 3. The molecule has 2 atom stereocenters. The predicted octanol–water partition coefficient (Wildman–Crippen LogP) is -0.778. The fourth-order valence-electron chi connectivity index (χ4n) is 1.61. The highest BCUT2D eigenvalue weighted by Gasteiger charge is 2.29. The van der Waals surface area contributed by atoms with Gasteiger partial charge in [0.2, 0.25) is 11.8 Å². The van der Waals surface area contributed by atoms with Crippen LogP contribution in [0.1, 0.15) is 20.3 Å². The monoisotopic (exact) mass is 213 g/mol. The van der Waals surface area contributed by atoms with Crippen molar-refractivity contribution in [2.24, 2.45) is 17.6 Å². The second-order valence-electron chi connectivity index (χ2n) is 4.29. The summed E-state index contributed by atoms with van der Waals surface area (Å²) in [5.74, 6) is 0.0448. The van der Waals surface area contributed by atoms with Crippen molar-refractivity contribution in [1.29, 1.82) is 0 Å². The van der Waals surface area contributed by atoms with Gasteiger partial charge in [0.25, 0.3) is 0 Å². The zero-order valence-electron chi connectivity index (χ0n) is 9.25. The Balaban J connectivity index is 2.30. The zero-order chi connectivity index (χ0) is 11.4. The second-order valence-corrected chi connectivity index (χ2v) is 4.29. The smallest absolute Gasteiger partial charge is 0.223 e. The van der Waals surface area contributed by atoms with Crippen LogP contribution in [0.5, 0.6) is 0 Å². The second kappa shape index (κ2) is 5.11. The molecule has 1 heterocycles. The average molecular weight is 213 g/mol. The first-order valence-electron chi connectivity index (χ1n) is 5.30. The summed E-state index contributed by atoms with van der Waals surface area (Å²) in [5, 5.41) is 5.92. The Labute approximate surface area is 89.8 Å². The minimum Gasteiger partial charge on any atom is -0.370 e. The highest BCUT2D eigenvalue weighted by molar-refractivity contribution is 5.80. The van der Waals surface area contributed by atoms with Crippen molar-refractivity contribution in [3.63, 3.8) is 0 Å². The molecule has 15 heavy (non-hydrogen) atoms. The van der Waals surface area contributed by atoms with Crippen LogP contribution < -0.4 is 16.4 Å². The van der Waals surface area contributed by atoms with Gasteiger partial charge in [0, 0.05) is 18.4 Å². The summed E-state index contributed by atoms with van der Waals surface area (Å²) in [6.07, 6.45) is 0.196. The summed E-state index contributed by atoms with van der Waals surface area (Å²) in [6, 6.07) is -0.175. The summed E-state index contributed by atoms with van der Waals surface area (Å²) in [7, 11) is 0. The first-order valence-corrected chi connectivity index (χ1v) is 5.30. The average Bonchev–Trinajstić information content (AvgIpc) is 1.98. The third-order valence-corrected chi connectivity index (χ3v) is 2.83. The first kappa shape index (κ1) is 12.0. The molecule has 1 rings (SSSR count).